The zero-order valence-corrected chi connectivity index (χ0v) is 12.0. The van der Waals surface area contributed by atoms with Crippen molar-refractivity contribution in [3.63, 3.8) is 0 Å². The lowest BCUT2D eigenvalue weighted by Gasteiger charge is -2.12. The van der Waals surface area contributed by atoms with Gasteiger partial charge in [-0.1, -0.05) is 70.0 Å². The summed E-state index contributed by atoms with van der Waals surface area (Å²) in [7, 11) is 0. The predicted octanol–water partition coefficient (Wildman–Crippen LogP) is 5.33. The maximum Gasteiger partial charge on any atom is 0.0452 e. The van der Waals surface area contributed by atoms with E-state index in [4.69, 9.17) is 11.6 Å². The Morgan fingerprint density at radius 3 is 2.47 bits per heavy atom. The van der Waals surface area contributed by atoms with Crippen LogP contribution in [0.1, 0.15) is 21.5 Å². The van der Waals surface area contributed by atoms with E-state index in [2.05, 4.69) is 59.3 Å². The standard InChI is InChI=1S/C15H14BrCl/c1-11-7-8-13(15(17)9-11)14(16)10-12-5-3-2-4-6-12/h2-9,14H,10H2,1H3. The lowest BCUT2D eigenvalue weighted by molar-refractivity contribution is 0.948. The van der Waals surface area contributed by atoms with E-state index in [1.165, 1.54) is 11.1 Å². The largest absolute Gasteiger partial charge is 0.0840 e. The molecule has 0 amide bonds. The second-order valence-electron chi connectivity index (χ2n) is 4.18. The highest BCUT2D eigenvalue weighted by molar-refractivity contribution is 9.09. The van der Waals surface area contributed by atoms with Crippen molar-refractivity contribution in [3.8, 4) is 0 Å². The fourth-order valence-corrected chi connectivity index (χ4v) is 3.09. The summed E-state index contributed by atoms with van der Waals surface area (Å²) in [6, 6.07) is 16.6. The van der Waals surface area contributed by atoms with Crippen LogP contribution in [0.5, 0.6) is 0 Å². The number of hydrogen-bond donors (Lipinski definition) is 0. The van der Waals surface area contributed by atoms with Crippen molar-refractivity contribution in [3.05, 3.63) is 70.2 Å². The van der Waals surface area contributed by atoms with Crippen molar-refractivity contribution < 1.29 is 0 Å². The Balaban J connectivity index is 2.17. The first-order chi connectivity index (χ1) is 8.16. The molecule has 0 aliphatic rings. The molecule has 88 valence electrons. The van der Waals surface area contributed by atoms with Gasteiger partial charge in [-0.2, -0.15) is 0 Å². The molecule has 2 rings (SSSR count). The Hall–Kier alpha value is -0.790. The molecule has 0 spiro atoms. The number of aryl methyl sites for hydroxylation is 1. The molecule has 2 aromatic rings. The molecule has 1 atom stereocenters. The van der Waals surface area contributed by atoms with E-state index in [1.54, 1.807) is 0 Å². The summed E-state index contributed by atoms with van der Waals surface area (Å²) in [6.45, 7) is 2.05. The zero-order chi connectivity index (χ0) is 12.3. The number of hydrogen-bond acceptors (Lipinski definition) is 0. The highest BCUT2D eigenvalue weighted by Gasteiger charge is 2.11. The molecule has 17 heavy (non-hydrogen) atoms. The van der Waals surface area contributed by atoms with E-state index >= 15 is 0 Å². The summed E-state index contributed by atoms with van der Waals surface area (Å²) in [5.74, 6) is 0. The molecule has 0 N–H and O–H groups in total. The lowest BCUT2D eigenvalue weighted by atomic mass is 10.0. The normalized spacial score (nSPS) is 12.4. The van der Waals surface area contributed by atoms with Gasteiger partial charge in [0.25, 0.3) is 0 Å². The summed E-state index contributed by atoms with van der Waals surface area (Å²) in [5.41, 5.74) is 3.66. The van der Waals surface area contributed by atoms with E-state index in [0.717, 1.165) is 17.0 Å². The van der Waals surface area contributed by atoms with Gasteiger partial charge in [0, 0.05) is 9.85 Å². The van der Waals surface area contributed by atoms with Crippen LogP contribution in [-0.2, 0) is 6.42 Å². The molecule has 0 aromatic heterocycles. The molecular weight excluding hydrogens is 296 g/mol. The van der Waals surface area contributed by atoms with Crippen molar-refractivity contribution in [1.29, 1.82) is 0 Å². The van der Waals surface area contributed by atoms with Gasteiger partial charge in [0.05, 0.1) is 0 Å². The second kappa shape index (κ2) is 5.70. The number of halogens is 2. The van der Waals surface area contributed by atoms with Crippen LogP contribution in [0.25, 0.3) is 0 Å². The first kappa shape index (κ1) is 12.7. The summed E-state index contributed by atoms with van der Waals surface area (Å²) in [6.07, 6.45) is 0.948. The third kappa shape index (κ3) is 3.34. The molecule has 0 nitrogen and oxygen atoms in total. The number of rotatable bonds is 3. The number of benzene rings is 2. The minimum atomic E-state index is 0.262. The lowest BCUT2D eigenvalue weighted by Crippen LogP contribution is -1.96. The summed E-state index contributed by atoms with van der Waals surface area (Å²) < 4.78 is 0. The first-order valence-electron chi connectivity index (χ1n) is 5.61. The van der Waals surface area contributed by atoms with Crippen LogP contribution in [-0.4, -0.2) is 0 Å². The highest BCUT2D eigenvalue weighted by Crippen LogP contribution is 2.32. The van der Waals surface area contributed by atoms with Crippen LogP contribution in [0.15, 0.2) is 48.5 Å². The van der Waals surface area contributed by atoms with Crippen molar-refractivity contribution in [2.75, 3.05) is 0 Å². The van der Waals surface area contributed by atoms with Gasteiger partial charge in [0.2, 0.25) is 0 Å². The van der Waals surface area contributed by atoms with Crippen LogP contribution in [0.2, 0.25) is 5.02 Å². The van der Waals surface area contributed by atoms with E-state index < -0.39 is 0 Å². The molecule has 0 saturated carbocycles. The summed E-state index contributed by atoms with van der Waals surface area (Å²) in [5, 5.41) is 0.836. The van der Waals surface area contributed by atoms with E-state index in [1.807, 2.05) is 12.1 Å². The average molecular weight is 310 g/mol. The SMILES string of the molecule is Cc1ccc(C(Br)Cc2ccccc2)c(Cl)c1. The molecule has 0 saturated heterocycles. The summed E-state index contributed by atoms with van der Waals surface area (Å²) >= 11 is 9.97. The minimum Gasteiger partial charge on any atom is -0.0840 e. The van der Waals surface area contributed by atoms with Crippen molar-refractivity contribution in [2.24, 2.45) is 0 Å². The van der Waals surface area contributed by atoms with Gasteiger partial charge in [-0.25, -0.2) is 0 Å². The molecule has 2 heteroatoms. The molecule has 0 fully saturated rings. The molecule has 0 bridgehead atoms. The minimum absolute atomic E-state index is 0.262. The second-order valence-corrected chi connectivity index (χ2v) is 5.69. The van der Waals surface area contributed by atoms with Crippen LogP contribution in [0, 0.1) is 6.92 Å². The van der Waals surface area contributed by atoms with Crippen LogP contribution >= 0.6 is 27.5 Å². The average Bonchev–Trinajstić information content (AvgIpc) is 2.30. The Morgan fingerprint density at radius 2 is 1.82 bits per heavy atom. The molecule has 0 radical (unpaired) electrons. The van der Waals surface area contributed by atoms with E-state index in [0.29, 0.717) is 0 Å². The maximum atomic E-state index is 6.26. The van der Waals surface area contributed by atoms with E-state index in [-0.39, 0.29) is 4.83 Å². The van der Waals surface area contributed by atoms with Crippen molar-refractivity contribution >= 4 is 27.5 Å². The van der Waals surface area contributed by atoms with Crippen LogP contribution < -0.4 is 0 Å². The first-order valence-corrected chi connectivity index (χ1v) is 6.90. The molecule has 2 aromatic carbocycles. The Bertz CT molecular complexity index is 494. The Kier molecular flexibility index (Phi) is 4.25. The van der Waals surface area contributed by atoms with E-state index in [9.17, 15) is 0 Å². The van der Waals surface area contributed by atoms with Crippen molar-refractivity contribution in [2.45, 2.75) is 18.2 Å². The molecular formula is C15H14BrCl. The van der Waals surface area contributed by atoms with Crippen molar-refractivity contribution in [1.82, 2.24) is 0 Å². The highest BCUT2D eigenvalue weighted by atomic mass is 79.9. The van der Waals surface area contributed by atoms with Gasteiger partial charge < -0.3 is 0 Å². The quantitative estimate of drug-likeness (QED) is 0.672. The van der Waals surface area contributed by atoms with Gasteiger partial charge in [0.15, 0.2) is 0 Å². The van der Waals surface area contributed by atoms with Gasteiger partial charge in [-0.3, -0.25) is 0 Å². The Morgan fingerprint density at radius 1 is 1.12 bits per heavy atom. The maximum absolute atomic E-state index is 6.26. The van der Waals surface area contributed by atoms with Crippen LogP contribution in [0.4, 0.5) is 0 Å². The molecule has 0 aliphatic carbocycles. The third-order valence-corrected chi connectivity index (χ3v) is 3.90. The monoisotopic (exact) mass is 308 g/mol. The molecule has 1 unspecified atom stereocenters. The molecule has 0 heterocycles. The Labute approximate surface area is 116 Å². The smallest absolute Gasteiger partial charge is 0.0452 e. The van der Waals surface area contributed by atoms with Gasteiger partial charge >= 0.3 is 0 Å². The fourth-order valence-electron chi connectivity index (χ4n) is 1.82. The van der Waals surface area contributed by atoms with Gasteiger partial charge in [0.1, 0.15) is 0 Å². The van der Waals surface area contributed by atoms with Gasteiger partial charge in [-0.05, 0) is 36.1 Å². The predicted molar refractivity (Wildman–Crippen MR) is 78.0 cm³/mol. The molecule has 0 aliphatic heterocycles. The van der Waals surface area contributed by atoms with Gasteiger partial charge in [-0.15, -0.1) is 0 Å². The fraction of sp³-hybridized carbons (Fsp3) is 0.200. The third-order valence-electron chi connectivity index (χ3n) is 2.75. The topological polar surface area (TPSA) is 0 Å². The zero-order valence-electron chi connectivity index (χ0n) is 9.66. The number of alkyl halides is 1. The summed E-state index contributed by atoms with van der Waals surface area (Å²) in [4.78, 5) is 0.262. The van der Waals surface area contributed by atoms with Crippen LogP contribution in [0.3, 0.4) is 0 Å².